The average molecular weight is 525 g/mol. The highest BCUT2D eigenvalue weighted by Gasteiger charge is 2.30. The molecule has 10 nitrogen and oxygen atoms in total. The fourth-order valence-corrected chi connectivity index (χ4v) is 5.75. The van der Waals surface area contributed by atoms with Crippen LogP contribution in [0, 0.1) is 0 Å². The fraction of sp³-hybridized carbons (Fsp3) is 0.136. The second kappa shape index (κ2) is 9.90. The maximum absolute atomic E-state index is 12.5. The van der Waals surface area contributed by atoms with Gasteiger partial charge < -0.3 is 5.32 Å². The van der Waals surface area contributed by atoms with Gasteiger partial charge >= 0.3 is 0 Å². The third-order valence-electron chi connectivity index (χ3n) is 4.93. The number of carbonyl (C=O) groups excluding carboxylic acids is 4. The molecule has 3 heterocycles. The van der Waals surface area contributed by atoms with Crippen LogP contribution in [0.3, 0.4) is 0 Å². The van der Waals surface area contributed by atoms with Gasteiger partial charge in [0, 0.05) is 18.4 Å². The summed E-state index contributed by atoms with van der Waals surface area (Å²) in [6.45, 7) is 0. The molecule has 0 spiro atoms. The summed E-state index contributed by atoms with van der Waals surface area (Å²) in [6.07, 6.45) is 0.393. The predicted octanol–water partition coefficient (Wildman–Crippen LogP) is 3.78. The van der Waals surface area contributed by atoms with Crippen LogP contribution in [0.1, 0.15) is 23.2 Å². The molecule has 0 unspecified atom stereocenters. The van der Waals surface area contributed by atoms with Gasteiger partial charge in [0.05, 0.1) is 21.7 Å². The van der Waals surface area contributed by atoms with E-state index in [0.29, 0.717) is 20.7 Å². The third kappa shape index (κ3) is 5.21. The highest BCUT2D eigenvalue weighted by Crippen LogP contribution is 2.28. The lowest BCUT2D eigenvalue weighted by Crippen LogP contribution is -2.28. The Bertz CT molecular complexity index is 1400. The van der Waals surface area contributed by atoms with Crippen molar-refractivity contribution in [2.24, 2.45) is 0 Å². The van der Waals surface area contributed by atoms with Crippen molar-refractivity contribution >= 4 is 84.2 Å². The molecule has 0 radical (unpaired) electrons. The summed E-state index contributed by atoms with van der Waals surface area (Å²) in [5.41, 5.74) is 1.61. The second-order valence-corrected chi connectivity index (χ2v) is 10.6. The van der Waals surface area contributed by atoms with Crippen LogP contribution < -0.4 is 15.5 Å². The molecule has 1 fully saturated rings. The van der Waals surface area contributed by atoms with Crippen molar-refractivity contribution in [3.63, 3.8) is 0 Å². The van der Waals surface area contributed by atoms with Crippen LogP contribution in [0.15, 0.2) is 52.9 Å². The van der Waals surface area contributed by atoms with Crippen molar-refractivity contribution in [1.29, 1.82) is 0 Å². The largest absolute Gasteiger partial charge is 0.301 e. The molecule has 2 N–H and O–H groups in total. The number of hydrogen-bond donors (Lipinski definition) is 2. The molecule has 0 bridgehead atoms. The van der Waals surface area contributed by atoms with E-state index in [1.807, 2.05) is 24.3 Å². The smallest absolute Gasteiger partial charge is 0.257 e. The Hall–Kier alpha value is -3.68. The van der Waals surface area contributed by atoms with Gasteiger partial charge in [0.15, 0.2) is 9.47 Å². The Labute approximate surface area is 210 Å². The zero-order chi connectivity index (χ0) is 24.4. The highest BCUT2D eigenvalue weighted by atomic mass is 32.2. The summed E-state index contributed by atoms with van der Waals surface area (Å²) in [7, 11) is 0. The van der Waals surface area contributed by atoms with Gasteiger partial charge in [0.1, 0.15) is 0 Å². The maximum atomic E-state index is 12.5. The van der Waals surface area contributed by atoms with Crippen LogP contribution in [0.5, 0.6) is 0 Å². The molecule has 4 amide bonds. The van der Waals surface area contributed by atoms with Gasteiger partial charge in [-0.2, -0.15) is 0 Å². The third-order valence-corrected chi connectivity index (χ3v) is 7.86. The van der Waals surface area contributed by atoms with Crippen molar-refractivity contribution in [2.75, 3.05) is 21.3 Å². The van der Waals surface area contributed by atoms with Gasteiger partial charge in [0.2, 0.25) is 22.9 Å². The number of amides is 4. The van der Waals surface area contributed by atoms with Gasteiger partial charge in [-0.25, -0.2) is 4.98 Å². The molecule has 2 aromatic carbocycles. The number of carbonyl (C=O) groups is 4. The summed E-state index contributed by atoms with van der Waals surface area (Å²) in [5, 5.41) is 14.2. The minimum atomic E-state index is -0.406. The van der Waals surface area contributed by atoms with E-state index in [-0.39, 0.29) is 41.4 Å². The number of nitrogens with zero attached hydrogens (tertiary/aromatic N) is 4. The molecule has 1 aliphatic rings. The van der Waals surface area contributed by atoms with Crippen LogP contribution in [0.25, 0.3) is 10.2 Å². The molecular weight excluding hydrogens is 508 g/mol. The number of anilines is 3. The molecule has 5 rings (SSSR count). The molecule has 176 valence electrons. The van der Waals surface area contributed by atoms with E-state index in [0.717, 1.165) is 26.5 Å². The second-order valence-electron chi connectivity index (χ2n) is 7.32. The van der Waals surface area contributed by atoms with Crippen LogP contribution >= 0.6 is 34.4 Å². The molecule has 35 heavy (non-hydrogen) atoms. The lowest BCUT2D eigenvalue weighted by molar-refractivity contribution is -0.121. The van der Waals surface area contributed by atoms with Gasteiger partial charge in [-0.05, 0) is 36.4 Å². The van der Waals surface area contributed by atoms with Crippen LogP contribution in [0.2, 0.25) is 0 Å². The quantitative estimate of drug-likeness (QED) is 0.212. The topological polar surface area (TPSA) is 134 Å². The van der Waals surface area contributed by atoms with Crippen molar-refractivity contribution in [3.05, 3.63) is 54.1 Å². The number of nitrogens with one attached hydrogen (secondary N) is 2. The Balaban J connectivity index is 1.14. The minimum Gasteiger partial charge on any atom is -0.301 e. The summed E-state index contributed by atoms with van der Waals surface area (Å²) in [5.74, 6) is -1.00. The Morgan fingerprint density at radius 1 is 0.914 bits per heavy atom. The normalized spacial score (nSPS) is 13.4. The first-order valence-corrected chi connectivity index (χ1v) is 13.0. The van der Waals surface area contributed by atoms with Gasteiger partial charge in [-0.1, -0.05) is 46.6 Å². The number of hydrogen-bond acceptors (Lipinski definition) is 10. The summed E-state index contributed by atoms with van der Waals surface area (Å²) < 4.78 is 1.52. The first kappa shape index (κ1) is 23.1. The zero-order valence-electron chi connectivity index (χ0n) is 17.9. The zero-order valence-corrected chi connectivity index (χ0v) is 20.3. The van der Waals surface area contributed by atoms with E-state index in [1.54, 1.807) is 12.1 Å². The number of benzene rings is 2. The molecule has 0 saturated carbocycles. The van der Waals surface area contributed by atoms with Crippen molar-refractivity contribution in [2.45, 2.75) is 17.2 Å². The van der Waals surface area contributed by atoms with Crippen LogP contribution in [0.4, 0.5) is 16.0 Å². The lowest BCUT2D eigenvalue weighted by atomic mass is 10.2. The predicted molar refractivity (Wildman–Crippen MR) is 135 cm³/mol. The standard InChI is InChI=1S/C22H16N6O4S3/c29-16(24-20-23-14-3-1-2-4-15(14)34-20)11-33-22-27-26-21(35-22)25-19(32)12-5-7-13(8-6-12)28-17(30)9-10-18(28)31/h1-8H,9-11H2,(H,23,24,29)(H,25,26,32). The van der Waals surface area contributed by atoms with Crippen molar-refractivity contribution in [1.82, 2.24) is 15.2 Å². The number of imide groups is 1. The van der Waals surface area contributed by atoms with E-state index in [4.69, 9.17) is 0 Å². The van der Waals surface area contributed by atoms with E-state index < -0.39 is 5.91 Å². The first-order chi connectivity index (χ1) is 17.0. The first-order valence-electron chi connectivity index (χ1n) is 10.4. The molecule has 0 aliphatic carbocycles. The van der Waals surface area contributed by atoms with Crippen LogP contribution in [-0.4, -0.2) is 44.6 Å². The molecule has 13 heteroatoms. The SMILES string of the molecule is O=C(CSc1nnc(NC(=O)c2ccc(N3C(=O)CCC3=O)cc2)s1)Nc1nc2ccccc2s1. The van der Waals surface area contributed by atoms with Gasteiger partial charge in [0.25, 0.3) is 5.91 Å². The average Bonchev–Trinajstić information content (AvgIpc) is 3.56. The maximum Gasteiger partial charge on any atom is 0.257 e. The van der Waals surface area contributed by atoms with E-state index >= 15 is 0 Å². The van der Waals surface area contributed by atoms with E-state index in [1.165, 1.54) is 35.2 Å². The van der Waals surface area contributed by atoms with E-state index in [2.05, 4.69) is 25.8 Å². The van der Waals surface area contributed by atoms with Gasteiger partial charge in [-0.3, -0.25) is 29.4 Å². The Morgan fingerprint density at radius 3 is 2.40 bits per heavy atom. The molecule has 1 aliphatic heterocycles. The van der Waals surface area contributed by atoms with Crippen molar-refractivity contribution < 1.29 is 19.2 Å². The Morgan fingerprint density at radius 2 is 1.66 bits per heavy atom. The molecule has 2 aromatic heterocycles. The monoisotopic (exact) mass is 524 g/mol. The number of aromatic nitrogens is 3. The molecule has 1 saturated heterocycles. The van der Waals surface area contributed by atoms with Crippen LogP contribution in [-0.2, 0) is 14.4 Å². The summed E-state index contributed by atoms with van der Waals surface area (Å²) in [4.78, 5) is 54.0. The number of thioether (sulfide) groups is 1. The highest BCUT2D eigenvalue weighted by molar-refractivity contribution is 8.01. The molecular formula is C22H16N6O4S3. The Kier molecular flexibility index (Phi) is 6.53. The number of para-hydroxylation sites is 1. The molecule has 4 aromatic rings. The number of thiazole rings is 1. The van der Waals surface area contributed by atoms with Gasteiger partial charge in [-0.15, -0.1) is 10.2 Å². The lowest BCUT2D eigenvalue weighted by Gasteiger charge is -2.13. The summed E-state index contributed by atoms with van der Waals surface area (Å²) >= 11 is 3.76. The summed E-state index contributed by atoms with van der Waals surface area (Å²) in [6, 6.07) is 13.8. The number of rotatable bonds is 7. The minimum absolute atomic E-state index is 0.119. The molecule has 0 atom stereocenters. The number of fused-ring (bicyclic) bond motifs is 1. The fourth-order valence-electron chi connectivity index (χ4n) is 3.32. The van der Waals surface area contributed by atoms with E-state index in [9.17, 15) is 19.2 Å². The van der Waals surface area contributed by atoms with Crippen molar-refractivity contribution in [3.8, 4) is 0 Å².